The van der Waals surface area contributed by atoms with Gasteiger partial charge in [-0.2, -0.15) is 18.6 Å². The Kier molecular flexibility index (Phi) is 5.85. The third kappa shape index (κ3) is 3.80. The lowest BCUT2D eigenvalue weighted by Gasteiger charge is -2.27. The lowest BCUT2D eigenvalue weighted by molar-refractivity contribution is 0.476. The number of nitrogens with one attached hydrogen (secondary N) is 2. The zero-order valence-corrected chi connectivity index (χ0v) is 19.1. The summed E-state index contributed by atoms with van der Waals surface area (Å²) in [5.41, 5.74) is 1.81. The van der Waals surface area contributed by atoms with E-state index < -0.39 is 10.0 Å². The molecule has 0 radical (unpaired) electrons. The number of hydrazone groups is 1. The summed E-state index contributed by atoms with van der Waals surface area (Å²) in [6, 6.07) is 13.8. The molecule has 1 aliphatic rings. The molecule has 11 heteroatoms. The van der Waals surface area contributed by atoms with E-state index in [0.717, 1.165) is 23.2 Å². The van der Waals surface area contributed by atoms with Crippen LogP contribution >= 0.6 is 12.2 Å². The van der Waals surface area contributed by atoms with Crippen LogP contribution in [0.1, 0.15) is 30.8 Å². The highest BCUT2D eigenvalue weighted by Crippen LogP contribution is 2.39. The summed E-state index contributed by atoms with van der Waals surface area (Å²) >= 11 is 5.02. The first-order chi connectivity index (χ1) is 15.4. The van der Waals surface area contributed by atoms with E-state index >= 15 is 0 Å². The molecule has 2 heterocycles. The van der Waals surface area contributed by atoms with Crippen LogP contribution in [0.25, 0.3) is 11.5 Å². The summed E-state index contributed by atoms with van der Waals surface area (Å²) in [5, 5.41) is 21.7. The van der Waals surface area contributed by atoms with Gasteiger partial charge in [-0.05, 0) is 55.9 Å². The summed E-state index contributed by atoms with van der Waals surface area (Å²) < 4.78 is 27.7. The predicted octanol–water partition coefficient (Wildman–Crippen LogP) is 3.74. The van der Waals surface area contributed by atoms with E-state index in [4.69, 9.17) is 12.2 Å². The van der Waals surface area contributed by atoms with Crippen molar-refractivity contribution < 1.29 is 13.5 Å². The van der Waals surface area contributed by atoms with Crippen molar-refractivity contribution in [2.75, 3.05) is 18.0 Å². The van der Waals surface area contributed by atoms with Crippen molar-refractivity contribution in [2.45, 2.75) is 18.7 Å². The summed E-state index contributed by atoms with van der Waals surface area (Å²) in [7, 11) is -4.10. The molecule has 166 valence electrons. The first-order valence-electron chi connectivity index (χ1n) is 9.98. The number of hydrogen-bond acceptors (Lipinski definition) is 7. The van der Waals surface area contributed by atoms with Gasteiger partial charge in [-0.15, -0.1) is 4.41 Å². The Morgan fingerprint density at radius 1 is 1.16 bits per heavy atom. The molecule has 1 aliphatic heterocycles. The molecule has 2 aromatic carbocycles. The molecule has 0 saturated heterocycles. The van der Waals surface area contributed by atoms with E-state index in [1.54, 1.807) is 12.1 Å². The van der Waals surface area contributed by atoms with Crippen molar-refractivity contribution in [2.24, 2.45) is 5.10 Å². The van der Waals surface area contributed by atoms with Gasteiger partial charge in [0.2, 0.25) is 0 Å². The van der Waals surface area contributed by atoms with Crippen molar-refractivity contribution in [3.8, 4) is 0 Å². The van der Waals surface area contributed by atoms with Gasteiger partial charge < -0.3 is 15.0 Å². The van der Waals surface area contributed by atoms with E-state index in [1.165, 1.54) is 18.3 Å². The van der Waals surface area contributed by atoms with Gasteiger partial charge in [0, 0.05) is 24.3 Å². The Morgan fingerprint density at radius 3 is 2.47 bits per heavy atom. The maximum atomic E-state index is 13.4. The zero-order valence-electron chi connectivity index (χ0n) is 17.5. The first-order valence-corrected chi connectivity index (χ1v) is 11.8. The van der Waals surface area contributed by atoms with Crippen LogP contribution in [0, 0.1) is 4.77 Å². The smallest absolute Gasteiger partial charge is 0.284 e. The van der Waals surface area contributed by atoms with Crippen molar-refractivity contribution in [1.82, 2.24) is 19.6 Å². The van der Waals surface area contributed by atoms with E-state index in [-0.39, 0.29) is 32.5 Å². The van der Waals surface area contributed by atoms with Crippen LogP contribution in [-0.4, -0.2) is 52.4 Å². The number of sulfonamides is 1. The third-order valence-electron chi connectivity index (χ3n) is 5.12. The Labute approximate surface area is 190 Å². The summed E-state index contributed by atoms with van der Waals surface area (Å²) in [4.78, 5) is 4.90. The van der Waals surface area contributed by atoms with Crippen molar-refractivity contribution in [1.29, 1.82) is 0 Å². The quantitative estimate of drug-likeness (QED) is 0.373. The second kappa shape index (κ2) is 8.60. The predicted molar refractivity (Wildman–Crippen MR) is 126 cm³/mol. The number of aromatic amines is 2. The van der Waals surface area contributed by atoms with E-state index in [1.807, 2.05) is 24.3 Å². The highest BCUT2D eigenvalue weighted by atomic mass is 32.2. The van der Waals surface area contributed by atoms with Crippen LogP contribution in [0.4, 0.5) is 5.69 Å². The molecule has 0 aliphatic carbocycles. The van der Waals surface area contributed by atoms with Crippen LogP contribution < -0.4 is 4.90 Å². The fourth-order valence-electron chi connectivity index (χ4n) is 3.50. The van der Waals surface area contributed by atoms with Gasteiger partial charge in [0.05, 0.1) is 6.21 Å². The van der Waals surface area contributed by atoms with Gasteiger partial charge in [-0.3, -0.25) is 5.10 Å². The number of benzene rings is 2. The molecule has 0 unspecified atom stereocenters. The van der Waals surface area contributed by atoms with Gasteiger partial charge in [-0.1, -0.05) is 24.3 Å². The lowest BCUT2D eigenvalue weighted by Crippen LogP contribution is -2.30. The van der Waals surface area contributed by atoms with Crippen molar-refractivity contribution in [3.05, 3.63) is 70.3 Å². The Bertz CT molecular complexity index is 1350. The first kappa shape index (κ1) is 21.8. The molecular weight excluding hydrogens is 448 g/mol. The number of fused-ring (bicyclic) bond motifs is 1. The molecule has 3 aromatic rings. The van der Waals surface area contributed by atoms with Gasteiger partial charge in [0.1, 0.15) is 4.90 Å². The number of hydrogen-bond donors (Lipinski definition) is 3. The van der Waals surface area contributed by atoms with Gasteiger partial charge in [0.25, 0.3) is 10.0 Å². The minimum absolute atomic E-state index is 0.0515. The second-order valence-electron chi connectivity index (χ2n) is 6.98. The molecule has 0 amide bonds. The zero-order chi connectivity index (χ0) is 22.9. The third-order valence-corrected chi connectivity index (χ3v) is 6.96. The highest BCUT2D eigenvalue weighted by molar-refractivity contribution is 7.89. The average molecular weight is 471 g/mol. The average Bonchev–Trinajstić information content (AvgIpc) is 3.23. The molecule has 32 heavy (non-hydrogen) atoms. The van der Waals surface area contributed by atoms with Crippen LogP contribution in [0.3, 0.4) is 0 Å². The molecule has 0 fully saturated rings. The van der Waals surface area contributed by atoms with Gasteiger partial charge in [-0.25, -0.2) is 0 Å². The SMILES string of the molecule is CCN(CC)c1ccc(/C=N/N2C(c3n[nH]c(=S)[nH]3)=C(O)c3ccccc3S2(=O)=O)cc1. The minimum atomic E-state index is -4.10. The molecule has 4 rings (SSSR count). The van der Waals surface area contributed by atoms with Crippen molar-refractivity contribution >= 4 is 45.6 Å². The molecule has 3 N–H and O–H groups in total. The second-order valence-corrected chi connectivity index (χ2v) is 9.12. The Hall–Kier alpha value is -3.44. The van der Waals surface area contributed by atoms with Crippen LogP contribution in [0.15, 0.2) is 58.5 Å². The maximum absolute atomic E-state index is 13.4. The largest absolute Gasteiger partial charge is 0.505 e. The summed E-state index contributed by atoms with van der Waals surface area (Å²) in [6.45, 7) is 5.93. The van der Waals surface area contributed by atoms with Crippen molar-refractivity contribution in [3.63, 3.8) is 0 Å². The maximum Gasteiger partial charge on any atom is 0.284 e. The normalized spacial score (nSPS) is 15.2. The van der Waals surface area contributed by atoms with Crippen LogP contribution in [0.5, 0.6) is 0 Å². The van der Waals surface area contributed by atoms with E-state index in [0.29, 0.717) is 5.56 Å². The molecule has 0 bridgehead atoms. The molecule has 1 aromatic heterocycles. The van der Waals surface area contributed by atoms with Crippen LogP contribution in [0.2, 0.25) is 0 Å². The number of aromatic nitrogens is 3. The number of anilines is 1. The fraction of sp³-hybridized carbons (Fsp3) is 0.190. The molecular formula is C21H22N6O3S2. The lowest BCUT2D eigenvalue weighted by atomic mass is 10.1. The molecule has 0 spiro atoms. The molecule has 0 atom stereocenters. The number of aliphatic hydroxyl groups excluding tert-OH is 1. The highest BCUT2D eigenvalue weighted by Gasteiger charge is 2.39. The minimum Gasteiger partial charge on any atom is -0.505 e. The Balaban J connectivity index is 1.79. The Morgan fingerprint density at radius 2 is 1.84 bits per heavy atom. The summed E-state index contributed by atoms with van der Waals surface area (Å²) in [5.74, 6) is -0.221. The summed E-state index contributed by atoms with van der Waals surface area (Å²) in [6.07, 6.45) is 1.42. The monoisotopic (exact) mass is 470 g/mol. The standard InChI is InChI=1S/C21H22N6O3S2/c1-3-26(4-2)15-11-9-14(10-12-15)13-22-27-18(20-23-21(31)25-24-20)19(28)16-7-5-6-8-17(16)32(27,29)30/h5-13,28H,3-4H2,1-2H3,(H2,23,24,25,31)/b22-13+. The number of H-pyrrole nitrogens is 2. The number of rotatable bonds is 6. The van der Waals surface area contributed by atoms with Gasteiger partial charge in [0.15, 0.2) is 22.1 Å². The topological polar surface area (TPSA) is 118 Å². The van der Waals surface area contributed by atoms with Crippen LogP contribution in [-0.2, 0) is 10.0 Å². The molecule has 0 saturated carbocycles. The molecule has 9 nitrogen and oxygen atoms in total. The van der Waals surface area contributed by atoms with Gasteiger partial charge >= 0.3 is 0 Å². The fourth-order valence-corrected chi connectivity index (χ4v) is 5.11. The van der Waals surface area contributed by atoms with E-state index in [9.17, 15) is 13.5 Å². The number of aliphatic hydroxyl groups is 1. The van der Waals surface area contributed by atoms with E-state index in [2.05, 4.69) is 39.0 Å². The number of nitrogens with zero attached hydrogens (tertiary/aromatic N) is 4.